The first kappa shape index (κ1) is 15.2. The summed E-state index contributed by atoms with van der Waals surface area (Å²) in [6.07, 6.45) is 0.573. The fourth-order valence-electron chi connectivity index (χ4n) is 1.36. The van der Waals surface area contributed by atoms with Gasteiger partial charge in [-0.1, -0.05) is 6.92 Å². The average molecular weight is 246 g/mol. The number of carboxylic acid groups (broad SMARTS) is 1. The van der Waals surface area contributed by atoms with E-state index in [0.717, 1.165) is 0 Å². The van der Waals surface area contributed by atoms with Gasteiger partial charge in [-0.05, 0) is 12.8 Å². The number of primary amides is 2. The van der Waals surface area contributed by atoms with Crippen molar-refractivity contribution in [3.05, 3.63) is 0 Å². The van der Waals surface area contributed by atoms with Crippen molar-refractivity contribution < 1.29 is 19.5 Å². The number of nitrogens with one attached hydrogen (secondary N) is 1. The molecule has 8 heteroatoms. The van der Waals surface area contributed by atoms with E-state index in [-0.39, 0.29) is 12.8 Å². The summed E-state index contributed by atoms with van der Waals surface area (Å²) in [5.74, 6) is -1.74. The van der Waals surface area contributed by atoms with Crippen LogP contribution in [0, 0.1) is 0 Å². The normalized spacial score (nSPS) is 12.1. The molecule has 0 aliphatic rings. The summed E-state index contributed by atoms with van der Waals surface area (Å²) in [6, 6.07) is -1.86. The Hall–Kier alpha value is -1.83. The molecular formula is C9H18N4O4. The van der Waals surface area contributed by atoms with Gasteiger partial charge in [-0.25, -0.2) is 9.80 Å². The Labute approximate surface area is 98.9 Å². The molecular weight excluding hydrogens is 228 g/mol. The molecule has 17 heavy (non-hydrogen) atoms. The molecule has 98 valence electrons. The Balaban J connectivity index is 4.63. The van der Waals surface area contributed by atoms with E-state index in [1.165, 1.54) is 5.01 Å². The predicted molar refractivity (Wildman–Crippen MR) is 59.6 cm³/mol. The van der Waals surface area contributed by atoms with Crippen molar-refractivity contribution >= 4 is 17.9 Å². The number of hydrazine groups is 1. The zero-order valence-electron chi connectivity index (χ0n) is 9.68. The van der Waals surface area contributed by atoms with Crippen LogP contribution in [0.25, 0.3) is 0 Å². The van der Waals surface area contributed by atoms with Crippen LogP contribution in [0.3, 0.4) is 0 Å². The van der Waals surface area contributed by atoms with Crippen LogP contribution in [-0.4, -0.2) is 40.6 Å². The van der Waals surface area contributed by atoms with E-state index in [4.69, 9.17) is 16.6 Å². The van der Waals surface area contributed by atoms with Crippen LogP contribution in [0.2, 0.25) is 0 Å². The lowest BCUT2D eigenvalue weighted by Gasteiger charge is -2.27. The third-order valence-corrected chi connectivity index (χ3v) is 2.04. The second-order valence-corrected chi connectivity index (χ2v) is 3.53. The summed E-state index contributed by atoms with van der Waals surface area (Å²) in [5.41, 5.74) is 12.1. The first-order valence-corrected chi connectivity index (χ1v) is 5.22. The SMILES string of the molecule is CCCN(NC(N)=O)[C@@H](CCC(N)=O)C(=O)O. The van der Waals surface area contributed by atoms with Crippen LogP contribution in [0.4, 0.5) is 4.79 Å². The molecule has 1 atom stereocenters. The summed E-state index contributed by atoms with van der Waals surface area (Å²) in [7, 11) is 0. The molecule has 0 aromatic heterocycles. The topological polar surface area (TPSA) is 139 Å². The standard InChI is InChI=1S/C9H18N4O4/c1-2-5-13(12-9(11)17)6(8(15)16)3-4-7(10)14/h6H,2-5H2,1H3,(H2,10,14)(H,15,16)(H3,11,12,17)/t6-/m0/s1. The second-order valence-electron chi connectivity index (χ2n) is 3.53. The maximum absolute atomic E-state index is 11.0. The first-order valence-electron chi connectivity index (χ1n) is 5.22. The maximum Gasteiger partial charge on any atom is 0.326 e. The lowest BCUT2D eigenvalue weighted by Crippen LogP contribution is -2.53. The molecule has 0 aliphatic carbocycles. The van der Waals surface area contributed by atoms with E-state index < -0.39 is 23.9 Å². The number of hydrogen-bond donors (Lipinski definition) is 4. The summed E-state index contributed by atoms with van der Waals surface area (Å²) in [4.78, 5) is 32.4. The molecule has 8 nitrogen and oxygen atoms in total. The van der Waals surface area contributed by atoms with E-state index in [9.17, 15) is 14.4 Å². The monoisotopic (exact) mass is 246 g/mol. The highest BCUT2D eigenvalue weighted by Crippen LogP contribution is 2.06. The van der Waals surface area contributed by atoms with Gasteiger partial charge in [0, 0.05) is 13.0 Å². The lowest BCUT2D eigenvalue weighted by molar-refractivity contribution is -0.144. The largest absolute Gasteiger partial charge is 0.480 e. The molecule has 0 bridgehead atoms. The number of nitrogens with two attached hydrogens (primary N) is 2. The van der Waals surface area contributed by atoms with Gasteiger partial charge in [0.2, 0.25) is 5.91 Å². The smallest absolute Gasteiger partial charge is 0.326 e. The van der Waals surface area contributed by atoms with Crippen LogP contribution < -0.4 is 16.9 Å². The highest BCUT2D eigenvalue weighted by Gasteiger charge is 2.26. The fourth-order valence-corrected chi connectivity index (χ4v) is 1.36. The van der Waals surface area contributed by atoms with Gasteiger partial charge in [-0.2, -0.15) is 0 Å². The molecule has 0 rings (SSSR count). The Bertz CT molecular complexity index is 295. The molecule has 0 saturated carbocycles. The Morgan fingerprint density at radius 1 is 1.35 bits per heavy atom. The van der Waals surface area contributed by atoms with Crippen molar-refractivity contribution in [3.63, 3.8) is 0 Å². The third kappa shape index (κ3) is 6.36. The maximum atomic E-state index is 11.0. The molecule has 6 N–H and O–H groups in total. The molecule has 0 saturated heterocycles. The van der Waals surface area contributed by atoms with Crippen molar-refractivity contribution in [1.29, 1.82) is 0 Å². The van der Waals surface area contributed by atoms with Crippen LogP contribution in [-0.2, 0) is 9.59 Å². The van der Waals surface area contributed by atoms with Gasteiger partial charge < -0.3 is 16.6 Å². The number of nitrogens with zero attached hydrogens (tertiary/aromatic N) is 1. The second kappa shape index (κ2) is 7.44. The van der Waals surface area contributed by atoms with E-state index in [1.807, 2.05) is 6.92 Å². The molecule has 0 fully saturated rings. The van der Waals surface area contributed by atoms with E-state index in [0.29, 0.717) is 13.0 Å². The van der Waals surface area contributed by atoms with Gasteiger partial charge in [0.25, 0.3) is 0 Å². The van der Waals surface area contributed by atoms with E-state index in [2.05, 4.69) is 5.43 Å². The van der Waals surface area contributed by atoms with Crippen molar-refractivity contribution in [3.8, 4) is 0 Å². The number of rotatable bonds is 8. The van der Waals surface area contributed by atoms with Gasteiger partial charge in [-0.3, -0.25) is 15.0 Å². The molecule has 0 unspecified atom stereocenters. The average Bonchev–Trinajstić information content (AvgIpc) is 2.16. The predicted octanol–water partition coefficient (Wildman–Crippen LogP) is -1.000. The zero-order chi connectivity index (χ0) is 13.4. The number of carbonyl (C=O) groups excluding carboxylic acids is 2. The van der Waals surface area contributed by atoms with Gasteiger partial charge >= 0.3 is 12.0 Å². The Morgan fingerprint density at radius 3 is 2.29 bits per heavy atom. The van der Waals surface area contributed by atoms with E-state index >= 15 is 0 Å². The highest BCUT2D eigenvalue weighted by molar-refractivity contribution is 5.78. The number of hydrogen-bond acceptors (Lipinski definition) is 4. The van der Waals surface area contributed by atoms with Crippen molar-refractivity contribution in [2.45, 2.75) is 32.2 Å². The first-order chi connectivity index (χ1) is 7.88. The van der Waals surface area contributed by atoms with Crippen LogP contribution in [0.1, 0.15) is 26.2 Å². The molecule has 3 amide bonds. The molecule has 0 aromatic carbocycles. The Morgan fingerprint density at radius 2 is 1.94 bits per heavy atom. The molecule has 0 radical (unpaired) electrons. The van der Waals surface area contributed by atoms with Gasteiger partial charge in [0.05, 0.1) is 0 Å². The van der Waals surface area contributed by atoms with Crippen LogP contribution >= 0.6 is 0 Å². The molecule has 0 spiro atoms. The minimum atomic E-state index is -1.14. The van der Waals surface area contributed by atoms with Crippen LogP contribution in [0.5, 0.6) is 0 Å². The number of amides is 3. The molecule has 0 aliphatic heterocycles. The third-order valence-electron chi connectivity index (χ3n) is 2.04. The van der Waals surface area contributed by atoms with Crippen molar-refractivity contribution in [1.82, 2.24) is 10.4 Å². The number of urea groups is 1. The summed E-state index contributed by atoms with van der Waals surface area (Å²) in [6.45, 7) is 2.14. The van der Waals surface area contributed by atoms with E-state index in [1.54, 1.807) is 0 Å². The Kier molecular flexibility index (Phi) is 6.64. The van der Waals surface area contributed by atoms with Crippen molar-refractivity contribution in [2.75, 3.05) is 6.54 Å². The number of aliphatic carboxylic acids is 1. The quantitative estimate of drug-likeness (QED) is 0.407. The molecule has 0 aromatic rings. The minimum absolute atomic E-state index is 0.0188. The highest BCUT2D eigenvalue weighted by atomic mass is 16.4. The fraction of sp³-hybridized carbons (Fsp3) is 0.667. The number of carboxylic acids is 1. The van der Waals surface area contributed by atoms with Crippen molar-refractivity contribution in [2.24, 2.45) is 11.5 Å². The lowest BCUT2D eigenvalue weighted by atomic mass is 10.1. The van der Waals surface area contributed by atoms with Crippen LogP contribution in [0.15, 0.2) is 0 Å². The number of carbonyl (C=O) groups is 3. The summed E-state index contributed by atoms with van der Waals surface area (Å²) in [5, 5.41) is 10.2. The summed E-state index contributed by atoms with van der Waals surface area (Å²) >= 11 is 0. The van der Waals surface area contributed by atoms with Gasteiger partial charge in [-0.15, -0.1) is 0 Å². The zero-order valence-corrected chi connectivity index (χ0v) is 9.68. The van der Waals surface area contributed by atoms with Gasteiger partial charge in [0.1, 0.15) is 6.04 Å². The minimum Gasteiger partial charge on any atom is -0.480 e. The summed E-state index contributed by atoms with van der Waals surface area (Å²) < 4.78 is 0. The molecule has 0 heterocycles. The van der Waals surface area contributed by atoms with Gasteiger partial charge in [0.15, 0.2) is 0 Å².